The molecule has 0 unspecified atom stereocenters. The lowest BCUT2D eigenvalue weighted by Gasteiger charge is -2.17. The molecule has 0 bridgehead atoms. The Morgan fingerprint density at radius 2 is 2.05 bits per heavy atom. The molecule has 2 N–H and O–H groups in total. The molecule has 0 fully saturated rings. The van der Waals surface area contributed by atoms with E-state index in [1.165, 1.54) is 4.68 Å². The van der Waals surface area contributed by atoms with E-state index in [0.29, 0.717) is 18.4 Å². The van der Waals surface area contributed by atoms with Crippen molar-refractivity contribution >= 4 is 11.9 Å². The van der Waals surface area contributed by atoms with Gasteiger partial charge in [-0.3, -0.25) is 4.98 Å². The first-order valence-corrected chi connectivity index (χ1v) is 6.35. The molecule has 3 rings (SSSR count). The SMILES string of the molecule is CN(Cc1ccccn1)c1nc(N)nc(-n2cccn2)n1. The molecular formula is C13H14N8. The van der Waals surface area contributed by atoms with Crippen LogP contribution < -0.4 is 10.6 Å². The first-order chi connectivity index (χ1) is 10.2. The van der Waals surface area contributed by atoms with Gasteiger partial charge in [-0.25, -0.2) is 4.68 Å². The van der Waals surface area contributed by atoms with Gasteiger partial charge in [0.05, 0.1) is 12.2 Å². The van der Waals surface area contributed by atoms with E-state index in [0.717, 1.165) is 5.69 Å². The van der Waals surface area contributed by atoms with E-state index in [1.54, 1.807) is 24.7 Å². The highest BCUT2D eigenvalue weighted by molar-refractivity contribution is 5.37. The zero-order valence-corrected chi connectivity index (χ0v) is 11.5. The molecule has 0 amide bonds. The minimum Gasteiger partial charge on any atom is -0.368 e. The maximum absolute atomic E-state index is 5.75. The van der Waals surface area contributed by atoms with Crippen molar-refractivity contribution in [2.45, 2.75) is 6.54 Å². The van der Waals surface area contributed by atoms with Gasteiger partial charge in [0.2, 0.25) is 11.9 Å². The largest absolute Gasteiger partial charge is 0.368 e. The summed E-state index contributed by atoms with van der Waals surface area (Å²) in [5.41, 5.74) is 6.67. The molecule has 0 aliphatic rings. The Morgan fingerprint density at radius 1 is 1.14 bits per heavy atom. The second kappa shape index (κ2) is 5.53. The van der Waals surface area contributed by atoms with Crippen molar-refractivity contribution in [2.75, 3.05) is 17.7 Å². The van der Waals surface area contributed by atoms with Crippen molar-refractivity contribution in [1.82, 2.24) is 29.7 Å². The lowest BCUT2D eigenvalue weighted by atomic mass is 10.3. The molecule has 0 radical (unpaired) electrons. The maximum atomic E-state index is 5.75. The fourth-order valence-corrected chi connectivity index (χ4v) is 1.84. The van der Waals surface area contributed by atoms with Crippen LogP contribution in [0.2, 0.25) is 0 Å². The summed E-state index contributed by atoms with van der Waals surface area (Å²) >= 11 is 0. The molecule has 3 aromatic heterocycles. The summed E-state index contributed by atoms with van der Waals surface area (Å²) in [6.07, 6.45) is 5.15. The van der Waals surface area contributed by atoms with Crippen LogP contribution in [0.1, 0.15) is 5.69 Å². The Kier molecular flexibility index (Phi) is 3.42. The Balaban J connectivity index is 1.88. The quantitative estimate of drug-likeness (QED) is 0.750. The van der Waals surface area contributed by atoms with Crippen LogP contribution in [0.3, 0.4) is 0 Å². The van der Waals surface area contributed by atoms with Gasteiger partial charge in [-0.05, 0) is 18.2 Å². The number of nitrogens with two attached hydrogens (primary N) is 1. The monoisotopic (exact) mass is 282 g/mol. The van der Waals surface area contributed by atoms with Crippen LogP contribution >= 0.6 is 0 Å². The van der Waals surface area contributed by atoms with Gasteiger partial charge in [0, 0.05) is 25.6 Å². The summed E-state index contributed by atoms with van der Waals surface area (Å²) in [5, 5.41) is 4.09. The number of anilines is 2. The number of aromatic nitrogens is 6. The van der Waals surface area contributed by atoms with Gasteiger partial charge in [-0.1, -0.05) is 6.07 Å². The van der Waals surface area contributed by atoms with Crippen LogP contribution in [0, 0.1) is 0 Å². The highest BCUT2D eigenvalue weighted by atomic mass is 15.4. The zero-order chi connectivity index (χ0) is 14.7. The molecule has 0 aliphatic heterocycles. The fraction of sp³-hybridized carbons (Fsp3) is 0.154. The van der Waals surface area contributed by atoms with Gasteiger partial charge < -0.3 is 10.6 Å². The van der Waals surface area contributed by atoms with Gasteiger partial charge in [-0.15, -0.1) is 0 Å². The number of hydrogen-bond acceptors (Lipinski definition) is 7. The van der Waals surface area contributed by atoms with Gasteiger partial charge in [-0.2, -0.15) is 20.1 Å². The molecule has 0 atom stereocenters. The van der Waals surface area contributed by atoms with Gasteiger partial charge in [0.15, 0.2) is 0 Å². The lowest BCUT2D eigenvalue weighted by molar-refractivity contribution is 0.772. The van der Waals surface area contributed by atoms with Crippen molar-refractivity contribution in [2.24, 2.45) is 0 Å². The average Bonchev–Trinajstić information content (AvgIpc) is 3.02. The molecule has 0 aliphatic carbocycles. The number of nitrogen functional groups attached to an aromatic ring is 1. The van der Waals surface area contributed by atoms with E-state index in [4.69, 9.17) is 5.73 Å². The predicted octanol–water partition coefficient (Wildman–Crippen LogP) is 0.671. The Bertz CT molecular complexity index is 710. The molecule has 0 aromatic carbocycles. The molecule has 21 heavy (non-hydrogen) atoms. The number of nitrogens with zero attached hydrogens (tertiary/aromatic N) is 7. The van der Waals surface area contributed by atoms with Gasteiger partial charge >= 0.3 is 0 Å². The number of rotatable bonds is 4. The van der Waals surface area contributed by atoms with E-state index in [2.05, 4.69) is 25.0 Å². The third kappa shape index (κ3) is 2.94. The lowest BCUT2D eigenvalue weighted by Crippen LogP contribution is -2.22. The van der Waals surface area contributed by atoms with Crippen LogP contribution in [0.4, 0.5) is 11.9 Å². The topological polar surface area (TPSA) is 98.6 Å². The minimum atomic E-state index is 0.151. The molecule has 106 valence electrons. The second-order valence-electron chi connectivity index (χ2n) is 4.42. The molecular weight excluding hydrogens is 268 g/mol. The molecule has 8 nitrogen and oxygen atoms in total. The summed E-state index contributed by atoms with van der Waals surface area (Å²) in [6.45, 7) is 0.572. The summed E-state index contributed by atoms with van der Waals surface area (Å²) in [6, 6.07) is 7.54. The van der Waals surface area contributed by atoms with Crippen LogP contribution in [0.15, 0.2) is 42.9 Å². The number of hydrogen-bond donors (Lipinski definition) is 1. The Morgan fingerprint density at radius 3 is 2.76 bits per heavy atom. The highest BCUT2D eigenvalue weighted by Gasteiger charge is 2.11. The summed E-state index contributed by atoms with van der Waals surface area (Å²) in [5.74, 6) is 1.01. The molecule has 0 saturated heterocycles. The Labute approximate surface area is 121 Å². The number of pyridine rings is 1. The summed E-state index contributed by atoms with van der Waals surface area (Å²) < 4.78 is 1.54. The van der Waals surface area contributed by atoms with Crippen molar-refractivity contribution in [3.63, 3.8) is 0 Å². The van der Waals surface area contributed by atoms with E-state index in [9.17, 15) is 0 Å². The van der Waals surface area contributed by atoms with Crippen LogP contribution in [0.5, 0.6) is 0 Å². The van der Waals surface area contributed by atoms with Crippen LogP contribution in [0.25, 0.3) is 5.95 Å². The van der Waals surface area contributed by atoms with E-state index >= 15 is 0 Å². The second-order valence-corrected chi connectivity index (χ2v) is 4.42. The third-order valence-corrected chi connectivity index (χ3v) is 2.81. The molecule has 3 aromatic rings. The van der Waals surface area contributed by atoms with E-state index < -0.39 is 0 Å². The highest BCUT2D eigenvalue weighted by Crippen LogP contribution is 2.12. The third-order valence-electron chi connectivity index (χ3n) is 2.81. The minimum absolute atomic E-state index is 0.151. The van der Waals surface area contributed by atoms with Crippen molar-refractivity contribution in [1.29, 1.82) is 0 Å². The first kappa shape index (κ1) is 13.0. The van der Waals surface area contributed by atoms with Crippen LogP contribution in [-0.2, 0) is 6.54 Å². The smallest absolute Gasteiger partial charge is 0.257 e. The van der Waals surface area contributed by atoms with Crippen molar-refractivity contribution in [3.8, 4) is 5.95 Å². The maximum Gasteiger partial charge on any atom is 0.257 e. The van der Waals surface area contributed by atoms with E-state index in [1.807, 2.05) is 30.1 Å². The molecule has 8 heteroatoms. The zero-order valence-electron chi connectivity index (χ0n) is 11.5. The normalized spacial score (nSPS) is 10.5. The predicted molar refractivity (Wildman–Crippen MR) is 77.7 cm³/mol. The molecule has 0 saturated carbocycles. The van der Waals surface area contributed by atoms with Gasteiger partial charge in [0.1, 0.15) is 0 Å². The van der Waals surface area contributed by atoms with Crippen LogP contribution in [-0.4, -0.2) is 36.8 Å². The fourth-order valence-electron chi connectivity index (χ4n) is 1.84. The average molecular weight is 282 g/mol. The first-order valence-electron chi connectivity index (χ1n) is 6.35. The Hall–Kier alpha value is -3.03. The molecule has 3 heterocycles. The van der Waals surface area contributed by atoms with Crippen molar-refractivity contribution in [3.05, 3.63) is 48.5 Å². The van der Waals surface area contributed by atoms with Crippen molar-refractivity contribution < 1.29 is 0 Å². The van der Waals surface area contributed by atoms with E-state index in [-0.39, 0.29) is 5.95 Å². The molecule has 0 spiro atoms. The summed E-state index contributed by atoms with van der Waals surface area (Å²) in [4.78, 5) is 18.7. The summed E-state index contributed by atoms with van der Waals surface area (Å²) in [7, 11) is 1.87. The van der Waals surface area contributed by atoms with Gasteiger partial charge in [0.25, 0.3) is 5.95 Å². The standard InChI is InChI=1S/C13H14N8/c1-20(9-10-5-2-3-6-15-10)12-17-11(14)18-13(19-12)21-8-4-7-16-21/h2-8H,9H2,1H3,(H2,14,17,18,19).